The van der Waals surface area contributed by atoms with Gasteiger partial charge in [0.05, 0.1) is 11.7 Å². The molecule has 18 heavy (non-hydrogen) atoms. The van der Waals surface area contributed by atoms with Crippen LogP contribution in [0.1, 0.15) is 30.2 Å². The number of aromatic nitrogens is 4. The Labute approximate surface area is 108 Å². The molecule has 0 radical (unpaired) electrons. The number of nitrogens with one attached hydrogen (secondary N) is 1. The lowest BCUT2D eigenvalue weighted by Crippen LogP contribution is -2.26. The Hall–Kier alpha value is -1.62. The fourth-order valence-electron chi connectivity index (χ4n) is 2.28. The molecule has 0 aliphatic heterocycles. The van der Waals surface area contributed by atoms with Gasteiger partial charge in [0.15, 0.2) is 0 Å². The second-order valence-corrected chi connectivity index (χ2v) is 4.61. The largest absolute Gasteiger partial charge is 0.337 e. The van der Waals surface area contributed by atoms with Crippen LogP contribution in [0.3, 0.4) is 0 Å². The normalized spacial score (nSPS) is 12.9. The highest BCUT2D eigenvalue weighted by molar-refractivity contribution is 5.12. The van der Waals surface area contributed by atoms with Crippen LogP contribution in [0, 0.1) is 6.92 Å². The third-order valence-corrected chi connectivity index (χ3v) is 3.13. The van der Waals surface area contributed by atoms with Crippen LogP contribution in [0.15, 0.2) is 18.5 Å². The molecule has 0 bridgehead atoms. The van der Waals surface area contributed by atoms with E-state index >= 15 is 0 Å². The lowest BCUT2D eigenvalue weighted by atomic mass is 10.1. The molecule has 1 atom stereocenters. The van der Waals surface area contributed by atoms with Crippen LogP contribution in [0.25, 0.3) is 0 Å². The highest BCUT2D eigenvalue weighted by Gasteiger charge is 2.17. The first kappa shape index (κ1) is 12.8. The Kier molecular flexibility index (Phi) is 3.81. The van der Waals surface area contributed by atoms with E-state index in [0.29, 0.717) is 0 Å². The molecule has 5 nitrogen and oxygen atoms in total. The van der Waals surface area contributed by atoms with Crippen molar-refractivity contribution in [2.45, 2.75) is 26.3 Å². The van der Waals surface area contributed by atoms with Gasteiger partial charge in [-0.1, -0.05) is 6.92 Å². The van der Waals surface area contributed by atoms with E-state index in [2.05, 4.69) is 33.0 Å². The molecule has 0 amide bonds. The summed E-state index contributed by atoms with van der Waals surface area (Å²) in [5, 5.41) is 7.88. The lowest BCUT2D eigenvalue weighted by Gasteiger charge is -2.17. The van der Waals surface area contributed by atoms with Crippen molar-refractivity contribution >= 4 is 0 Å². The first-order valence-corrected chi connectivity index (χ1v) is 6.32. The molecular weight excluding hydrogens is 226 g/mol. The molecule has 5 heteroatoms. The van der Waals surface area contributed by atoms with Gasteiger partial charge in [-0.15, -0.1) is 0 Å². The predicted molar refractivity (Wildman–Crippen MR) is 71.3 cm³/mol. The zero-order valence-electron chi connectivity index (χ0n) is 11.5. The van der Waals surface area contributed by atoms with Crippen molar-refractivity contribution in [1.82, 2.24) is 24.6 Å². The molecule has 0 saturated carbocycles. The minimum Gasteiger partial charge on any atom is -0.337 e. The molecule has 1 unspecified atom stereocenters. The molecule has 0 aromatic carbocycles. The van der Waals surface area contributed by atoms with Gasteiger partial charge in [-0.3, -0.25) is 4.68 Å². The van der Waals surface area contributed by atoms with Crippen LogP contribution in [-0.2, 0) is 20.5 Å². The van der Waals surface area contributed by atoms with Crippen molar-refractivity contribution < 1.29 is 0 Å². The summed E-state index contributed by atoms with van der Waals surface area (Å²) in [6.07, 6.45) is 4.72. The van der Waals surface area contributed by atoms with Crippen LogP contribution in [-0.4, -0.2) is 25.9 Å². The second kappa shape index (κ2) is 5.35. The van der Waals surface area contributed by atoms with E-state index in [1.807, 2.05) is 38.1 Å². The zero-order chi connectivity index (χ0) is 13.1. The molecule has 0 saturated heterocycles. The Morgan fingerprint density at radius 3 is 2.67 bits per heavy atom. The average Bonchev–Trinajstić information content (AvgIpc) is 2.85. The number of imidazole rings is 1. The van der Waals surface area contributed by atoms with E-state index in [-0.39, 0.29) is 6.04 Å². The Morgan fingerprint density at radius 2 is 2.17 bits per heavy atom. The fourth-order valence-corrected chi connectivity index (χ4v) is 2.28. The molecule has 0 aliphatic rings. The van der Waals surface area contributed by atoms with E-state index < -0.39 is 0 Å². The third-order valence-electron chi connectivity index (χ3n) is 3.13. The summed E-state index contributed by atoms with van der Waals surface area (Å²) in [5.41, 5.74) is 2.28. The molecular formula is C13H21N5. The molecule has 98 valence electrons. The maximum absolute atomic E-state index is 4.44. The number of likely N-dealkylation sites (N-methyl/N-ethyl adjacent to an activating group) is 1. The maximum atomic E-state index is 4.44. The quantitative estimate of drug-likeness (QED) is 0.867. The Morgan fingerprint density at radius 1 is 1.39 bits per heavy atom. The summed E-state index contributed by atoms with van der Waals surface area (Å²) < 4.78 is 4.01. The van der Waals surface area contributed by atoms with Gasteiger partial charge in [0.2, 0.25) is 0 Å². The van der Waals surface area contributed by atoms with Crippen molar-refractivity contribution in [3.8, 4) is 0 Å². The number of nitrogens with zero attached hydrogens (tertiary/aromatic N) is 4. The molecule has 1 N–H and O–H groups in total. The van der Waals surface area contributed by atoms with Gasteiger partial charge in [0, 0.05) is 38.6 Å². The molecule has 0 spiro atoms. The van der Waals surface area contributed by atoms with Crippen molar-refractivity contribution in [1.29, 1.82) is 0 Å². The third kappa shape index (κ3) is 2.61. The van der Waals surface area contributed by atoms with Crippen LogP contribution in [0.4, 0.5) is 0 Å². The van der Waals surface area contributed by atoms with Gasteiger partial charge >= 0.3 is 0 Å². The minimum absolute atomic E-state index is 0.227. The summed E-state index contributed by atoms with van der Waals surface area (Å²) in [7, 11) is 4.02. The molecule has 2 rings (SSSR count). The monoisotopic (exact) mass is 247 g/mol. The van der Waals surface area contributed by atoms with Gasteiger partial charge in [-0.2, -0.15) is 5.10 Å². The number of hydrogen-bond donors (Lipinski definition) is 1. The maximum Gasteiger partial charge on any atom is 0.125 e. The summed E-state index contributed by atoms with van der Waals surface area (Å²) >= 11 is 0. The van der Waals surface area contributed by atoms with Gasteiger partial charge < -0.3 is 9.88 Å². The van der Waals surface area contributed by atoms with Crippen molar-refractivity contribution in [3.05, 3.63) is 35.7 Å². The zero-order valence-corrected chi connectivity index (χ0v) is 11.5. The van der Waals surface area contributed by atoms with Crippen molar-refractivity contribution in [3.63, 3.8) is 0 Å². The Balaban J connectivity index is 2.22. The van der Waals surface area contributed by atoms with Crippen LogP contribution < -0.4 is 5.32 Å². The first-order valence-electron chi connectivity index (χ1n) is 6.32. The number of hydrogen-bond acceptors (Lipinski definition) is 3. The highest BCUT2D eigenvalue weighted by atomic mass is 15.3. The van der Waals surface area contributed by atoms with Crippen molar-refractivity contribution in [2.75, 3.05) is 6.54 Å². The van der Waals surface area contributed by atoms with Gasteiger partial charge in [-0.05, 0) is 19.5 Å². The summed E-state index contributed by atoms with van der Waals surface area (Å²) in [6.45, 7) is 5.06. The fraction of sp³-hybridized carbons (Fsp3) is 0.538. The number of aryl methyl sites for hydroxylation is 3. The molecule has 0 fully saturated rings. The number of rotatable bonds is 5. The average molecular weight is 247 g/mol. The first-order chi connectivity index (χ1) is 8.61. The summed E-state index contributed by atoms with van der Waals surface area (Å²) in [4.78, 5) is 4.44. The highest BCUT2D eigenvalue weighted by Crippen LogP contribution is 2.16. The van der Waals surface area contributed by atoms with Crippen LogP contribution in [0.2, 0.25) is 0 Å². The predicted octanol–water partition coefficient (Wildman–Crippen LogP) is 1.36. The van der Waals surface area contributed by atoms with Crippen molar-refractivity contribution in [2.24, 2.45) is 14.1 Å². The van der Waals surface area contributed by atoms with Gasteiger partial charge in [0.25, 0.3) is 0 Å². The van der Waals surface area contributed by atoms with E-state index in [0.717, 1.165) is 24.5 Å². The van der Waals surface area contributed by atoms with E-state index in [9.17, 15) is 0 Å². The van der Waals surface area contributed by atoms with E-state index in [1.165, 1.54) is 5.69 Å². The SMILES string of the molecule is CCNC(Cc1cc(C)nn1C)c1nccn1C. The summed E-state index contributed by atoms with van der Waals surface area (Å²) in [6, 6.07) is 2.36. The second-order valence-electron chi connectivity index (χ2n) is 4.61. The summed E-state index contributed by atoms with van der Waals surface area (Å²) in [5.74, 6) is 1.07. The minimum atomic E-state index is 0.227. The molecule has 2 heterocycles. The molecule has 0 aliphatic carbocycles. The van der Waals surface area contributed by atoms with E-state index in [1.54, 1.807) is 0 Å². The van der Waals surface area contributed by atoms with E-state index in [4.69, 9.17) is 0 Å². The van der Waals surface area contributed by atoms with Crippen LogP contribution in [0.5, 0.6) is 0 Å². The molecule has 2 aromatic heterocycles. The smallest absolute Gasteiger partial charge is 0.125 e. The van der Waals surface area contributed by atoms with Gasteiger partial charge in [-0.25, -0.2) is 4.98 Å². The standard InChI is InChI=1S/C13H21N5/c1-5-14-12(13-15-6-7-17(13)3)9-11-8-10(2)16-18(11)4/h6-8,12,14H,5,9H2,1-4H3. The lowest BCUT2D eigenvalue weighted by molar-refractivity contribution is 0.491. The van der Waals surface area contributed by atoms with Crippen LogP contribution >= 0.6 is 0 Å². The topological polar surface area (TPSA) is 47.7 Å². The molecule has 2 aromatic rings. The van der Waals surface area contributed by atoms with Gasteiger partial charge in [0.1, 0.15) is 5.82 Å². The Bertz CT molecular complexity index is 511.